The molecule has 0 rings (SSSR count). The SMILES string of the molecule is O=[N+](S(=O)(=O)[O-])S(=O)(=O)[O-].[K+].[K+]. The largest absolute Gasteiger partial charge is 1.00 e. The Bertz CT molecular complexity index is 302. The molecular formula is K2NO7S2+. The number of rotatable bonds is 2. The molecule has 0 aromatic heterocycles. The summed E-state index contributed by atoms with van der Waals surface area (Å²) in [6.07, 6.45) is 0. The van der Waals surface area contributed by atoms with Crippen molar-refractivity contribution >= 4 is 20.6 Å². The van der Waals surface area contributed by atoms with E-state index < -0.39 is 24.2 Å². The van der Waals surface area contributed by atoms with Crippen molar-refractivity contribution in [3.05, 3.63) is 4.91 Å². The molecule has 0 saturated heterocycles. The van der Waals surface area contributed by atoms with Crippen LogP contribution >= 0.6 is 0 Å². The van der Waals surface area contributed by atoms with E-state index in [1.165, 1.54) is 0 Å². The Kier molecular flexibility index (Phi) is 11.8. The first-order valence-electron chi connectivity index (χ1n) is 1.55. The van der Waals surface area contributed by atoms with Gasteiger partial charge in [0.05, 0.1) is 4.91 Å². The standard InChI is InChI=1S/2K.HNO7S2/c;;2-1(9(3,4)5)10(6,7)8/h;;(H-,3,4,5,6,7,8)/q2*+1;/p-1. The molecule has 0 aliphatic carbocycles. The molecule has 0 fully saturated rings. The molecule has 0 aromatic rings. The van der Waals surface area contributed by atoms with Gasteiger partial charge in [-0.05, 0) is 0 Å². The van der Waals surface area contributed by atoms with Gasteiger partial charge in [0.25, 0.3) is 0 Å². The van der Waals surface area contributed by atoms with Gasteiger partial charge in [0.15, 0.2) is 0 Å². The molecule has 0 aliphatic heterocycles. The van der Waals surface area contributed by atoms with Crippen LogP contribution in [0.2, 0.25) is 0 Å². The number of nitroso groups, excluding NO2 is 1. The summed E-state index contributed by atoms with van der Waals surface area (Å²) in [6, 6.07) is 0. The summed E-state index contributed by atoms with van der Waals surface area (Å²) in [5.41, 5.74) is 0. The summed E-state index contributed by atoms with van der Waals surface area (Å²) < 4.78 is 54.7. The van der Waals surface area contributed by atoms with Gasteiger partial charge in [-0.3, -0.25) is 0 Å². The van der Waals surface area contributed by atoms with Crippen LogP contribution < -0.4 is 103 Å². The molecule has 0 heterocycles. The van der Waals surface area contributed by atoms with Crippen molar-refractivity contribution in [2.24, 2.45) is 0 Å². The zero-order chi connectivity index (χ0) is 8.58. The van der Waals surface area contributed by atoms with Gasteiger partial charge in [0.1, 0.15) is 0 Å². The molecule has 0 atom stereocenters. The topological polar surface area (TPSA) is 134 Å². The summed E-state index contributed by atoms with van der Waals surface area (Å²) in [4.78, 5) is 9.60. The Morgan fingerprint density at radius 2 is 1.00 bits per heavy atom. The Balaban J connectivity index is -0.000000405. The maximum Gasteiger partial charge on any atom is 1.00 e. The first-order chi connectivity index (χ1) is 4.15. The van der Waals surface area contributed by atoms with Gasteiger partial charge in [-0.2, -0.15) is 16.8 Å². The van der Waals surface area contributed by atoms with Crippen LogP contribution in [0.15, 0.2) is 0 Å². The molecule has 0 unspecified atom stereocenters. The molecule has 0 N–H and O–H groups in total. The van der Waals surface area contributed by atoms with E-state index in [4.69, 9.17) is 0 Å². The average Bonchev–Trinajstić information content (AvgIpc) is 1.59. The molecule has 12 heteroatoms. The Hall–Kier alpha value is 2.69. The Morgan fingerprint density at radius 1 is 0.833 bits per heavy atom. The maximum absolute atomic E-state index is 9.60. The van der Waals surface area contributed by atoms with Crippen LogP contribution in [0.3, 0.4) is 0 Å². The van der Waals surface area contributed by atoms with Gasteiger partial charge < -0.3 is 9.11 Å². The van der Waals surface area contributed by atoms with Gasteiger partial charge in [0.2, 0.25) is 3.57 Å². The van der Waals surface area contributed by atoms with Crippen molar-refractivity contribution in [1.82, 2.24) is 0 Å². The second-order valence-corrected chi connectivity index (χ2v) is 3.68. The van der Waals surface area contributed by atoms with Crippen LogP contribution in [-0.4, -0.2) is 29.5 Å². The predicted octanol–water partition coefficient (Wildman–Crippen LogP) is -8.31. The molecule has 8 nitrogen and oxygen atoms in total. The van der Waals surface area contributed by atoms with Gasteiger partial charge in [-0.25, -0.2) is 0 Å². The minimum absolute atomic E-state index is 0. The van der Waals surface area contributed by atoms with Gasteiger partial charge in [-0.15, -0.1) is 0 Å². The number of hydrogen-bond donors (Lipinski definition) is 0. The Morgan fingerprint density at radius 3 is 1.00 bits per heavy atom. The quantitative estimate of drug-likeness (QED) is 0.276. The predicted molar refractivity (Wildman–Crippen MR) is 23.0 cm³/mol. The third-order valence-electron chi connectivity index (χ3n) is 0.365. The minimum atomic E-state index is -5.73. The smallest absolute Gasteiger partial charge is 0.689 e. The van der Waals surface area contributed by atoms with E-state index in [1.54, 1.807) is 0 Å². The summed E-state index contributed by atoms with van der Waals surface area (Å²) in [5.74, 6) is 0. The van der Waals surface area contributed by atoms with Crippen molar-refractivity contribution in [3.8, 4) is 0 Å². The van der Waals surface area contributed by atoms with Gasteiger partial charge in [-0.1, -0.05) is 0 Å². The van der Waals surface area contributed by atoms with Crippen LogP contribution in [0, 0.1) is 4.91 Å². The first-order valence-corrected chi connectivity index (χ1v) is 4.28. The van der Waals surface area contributed by atoms with E-state index in [1.807, 2.05) is 0 Å². The fraction of sp³-hybridized carbons (Fsp3) is 0. The van der Waals surface area contributed by atoms with Crippen LogP contribution in [0.1, 0.15) is 0 Å². The summed E-state index contributed by atoms with van der Waals surface area (Å²) in [7, 11) is -11.5. The molecule has 12 heavy (non-hydrogen) atoms. The van der Waals surface area contributed by atoms with E-state index in [9.17, 15) is 30.8 Å². The van der Waals surface area contributed by atoms with E-state index >= 15 is 0 Å². The van der Waals surface area contributed by atoms with Crippen molar-refractivity contribution in [2.75, 3.05) is 0 Å². The molecular weight excluding hydrogens is 268 g/mol. The number of hydrogen-bond acceptors (Lipinski definition) is 7. The summed E-state index contributed by atoms with van der Waals surface area (Å²) in [5, 5.41) is 0. The first kappa shape index (κ1) is 20.1. The number of nitrogens with zero attached hydrogens (tertiary/aromatic N) is 1. The van der Waals surface area contributed by atoms with Gasteiger partial charge >= 0.3 is 123 Å². The van der Waals surface area contributed by atoms with Crippen LogP contribution in [0.5, 0.6) is 0 Å². The van der Waals surface area contributed by atoms with Gasteiger partial charge in [0, 0.05) is 0 Å². The van der Waals surface area contributed by atoms with Crippen LogP contribution in [0.25, 0.3) is 0 Å². The van der Waals surface area contributed by atoms with E-state index in [2.05, 4.69) is 0 Å². The molecule has 0 radical (unpaired) electrons. The summed E-state index contributed by atoms with van der Waals surface area (Å²) >= 11 is 0. The van der Waals surface area contributed by atoms with Crippen LogP contribution in [0.4, 0.5) is 0 Å². The fourth-order valence-corrected chi connectivity index (χ4v) is 1.01. The molecule has 0 saturated carbocycles. The van der Waals surface area contributed by atoms with Crippen molar-refractivity contribution < 1.29 is 132 Å². The second kappa shape index (κ2) is 7.05. The van der Waals surface area contributed by atoms with Crippen molar-refractivity contribution in [3.63, 3.8) is 0 Å². The monoisotopic (exact) mass is 268 g/mol. The zero-order valence-electron chi connectivity index (χ0n) is 6.12. The molecule has 0 spiro atoms. The zero-order valence-corrected chi connectivity index (χ0v) is 14.0. The molecule has 0 amide bonds. The van der Waals surface area contributed by atoms with E-state index in [0.29, 0.717) is 0 Å². The average molecular weight is 268 g/mol. The molecule has 60 valence electrons. The molecule has 0 bridgehead atoms. The second-order valence-electron chi connectivity index (χ2n) is 1.08. The Labute approximate surface area is 154 Å². The fourth-order valence-electron chi connectivity index (χ4n) is 0.112. The van der Waals surface area contributed by atoms with Crippen molar-refractivity contribution in [2.45, 2.75) is 0 Å². The maximum atomic E-state index is 9.60. The molecule has 0 aromatic carbocycles. The molecule has 0 aliphatic rings. The van der Waals surface area contributed by atoms with E-state index in [-0.39, 0.29) is 103 Å². The summed E-state index contributed by atoms with van der Waals surface area (Å²) in [6.45, 7) is 0. The third-order valence-corrected chi connectivity index (χ3v) is 2.19. The third kappa shape index (κ3) is 8.04. The van der Waals surface area contributed by atoms with Crippen LogP contribution in [-0.2, 0) is 20.6 Å². The van der Waals surface area contributed by atoms with Crippen molar-refractivity contribution in [1.29, 1.82) is 0 Å². The minimum Gasteiger partial charge on any atom is -0.689 e. The van der Waals surface area contributed by atoms with E-state index in [0.717, 1.165) is 0 Å². The normalized spacial score (nSPS) is 10.8.